The molecule has 7 nitrogen and oxygen atoms in total. The largest absolute Gasteiger partial charge is 0.466 e. The van der Waals surface area contributed by atoms with Crippen molar-refractivity contribution in [3.05, 3.63) is 35.5 Å². The Morgan fingerprint density at radius 3 is 2.70 bits per heavy atom. The van der Waals surface area contributed by atoms with Crippen molar-refractivity contribution >= 4 is 22.8 Å². The predicted molar refractivity (Wildman–Crippen MR) is 145 cm³/mol. The van der Waals surface area contributed by atoms with Gasteiger partial charge in [0.2, 0.25) is 5.91 Å². The number of hydrogen-bond donors (Lipinski definition) is 0. The SMILES string of the molecule is CCOC(=O)CCCCCN1CCC[C@@H]1C(=O)N1CCC[C@H]1CCc1cc2ccc(C#N)cc2n1CC. The third kappa shape index (κ3) is 6.54. The van der Waals surface area contributed by atoms with Gasteiger partial charge in [-0.2, -0.15) is 5.26 Å². The quantitative estimate of drug-likeness (QED) is 0.298. The van der Waals surface area contributed by atoms with Crippen molar-refractivity contribution in [3.63, 3.8) is 0 Å². The molecule has 2 aliphatic rings. The average Bonchev–Trinajstić information content (AvgIpc) is 3.64. The Labute approximate surface area is 221 Å². The number of unbranched alkanes of at least 4 members (excludes halogenated alkanes) is 2. The summed E-state index contributed by atoms with van der Waals surface area (Å²) in [6, 6.07) is 10.7. The van der Waals surface area contributed by atoms with E-state index < -0.39 is 0 Å². The molecule has 3 heterocycles. The lowest BCUT2D eigenvalue weighted by molar-refractivity contribution is -0.143. The lowest BCUT2D eigenvalue weighted by Crippen LogP contribution is -2.47. The molecule has 7 heteroatoms. The number of hydrogen-bond acceptors (Lipinski definition) is 5. The number of benzene rings is 1. The van der Waals surface area contributed by atoms with Crippen LogP contribution in [-0.2, 0) is 27.3 Å². The number of carbonyl (C=O) groups is 2. The highest BCUT2D eigenvalue weighted by Gasteiger charge is 2.37. The molecule has 0 unspecified atom stereocenters. The van der Waals surface area contributed by atoms with E-state index in [0.717, 1.165) is 89.5 Å². The maximum atomic E-state index is 13.7. The number of esters is 1. The molecule has 1 aromatic carbocycles. The monoisotopic (exact) mass is 506 g/mol. The average molecular weight is 507 g/mol. The van der Waals surface area contributed by atoms with Gasteiger partial charge in [-0.1, -0.05) is 12.5 Å². The molecule has 2 fully saturated rings. The number of nitriles is 1. The molecule has 0 N–H and O–H groups in total. The van der Waals surface area contributed by atoms with Crippen LogP contribution in [0, 0.1) is 11.3 Å². The van der Waals surface area contributed by atoms with E-state index in [4.69, 9.17) is 4.74 Å². The van der Waals surface area contributed by atoms with Gasteiger partial charge >= 0.3 is 5.97 Å². The Kier molecular flexibility index (Phi) is 9.62. The lowest BCUT2D eigenvalue weighted by atomic mass is 10.1. The van der Waals surface area contributed by atoms with Crippen LogP contribution in [0.1, 0.15) is 82.9 Å². The fraction of sp³-hybridized carbons (Fsp3) is 0.633. The molecule has 2 aromatic rings. The zero-order chi connectivity index (χ0) is 26.2. The van der Waals surface area contributed by atoms with Gasteiger partial charge < -0.3 is 14.2 Å². The first-order valence-corrected chi connectivity index (χ1v) is 14.3. The Morgan fingerprint density at radius 1 is 1.08 bits per heavy atom. The molecular formula is C30H42N4O3. The second kappa shape index (κ2) is 13.1. The minimum absolute atomic E-state index is 0.0113. The van der Waals surface area contributed by atoms with Gasteiger partial charge in [0.15, 0.2) is 0 Å². The van der Waals surface area contributed by atoms with E-state index >= 15 is 0 Å². The summed E-state index contributed by atoms with van der Waals surface area (Å²) in [5, 5.41) is 10.5. The zero-order valence-corrected chi connectivity index (χ0v) is 22.6. The first-order valence-electron chi connectivity index (χ1n) is 14.3. The standard InChI is InChI=1S/C30H42N4O3/c1-3-33-26(21-24-14-13-23(22-31)20-28(24)33)16-15-25-10-8-19-34(25)30(36)27-11-9-18-32(27)17-7-5-6-12-29(35)37-4-2/h13-14,20-21,25,27H,3-12,15-19H2,1-2H3/t25-,27+/m0/s1. The molecule has 4 rings (SSSR count). The highest BCUT2D eigenvalue weighted by atomic mass is 16.5. The van der Waals surface area contributed by atoms with Crippen LogP contribution in [-0.4, -0.2) is 64.6 Å². The second-order valence-electron chi connectivity index (χ2n) is 10.4. The Hall–Kier alpha value is -2.85. The Balaban J connectivity index is 1.31. The molecule has 0 bridgehead atoms. The second-order valence-corrected chi connectivity index (χ2v) is 10.4. The Morgan fingerprint density at radius 2 is 1.92 bits per heavy atom. The van der Waals surface area contributed by atoms with E-state index in [1.807, 2.05) is 25.1 Å². The first kappa shape index (κ1) is 27.2. The van der Waals surface area contributed by atoms with Crippen LogP contribution in [0.3, 0.4) is 0 Å². The molecule has 0 aliphatic carbocycles. The molecule has 200 valence electrons. The molecule has 2 atom stereocenters. The number of fused-ring (bicyclic) bond motifs is 1. The highest BCUT2D eigenvalue weighted by molar-refractivity contribution is 5.83. The third-order valence-corrected chi connectivity index (χ3v) is 8.11. The summed E-state index contributed by atoms with van der Waals surface area (Å²) in [5.74, 6) is 0.212. The predicted octanol–water partition coefficient (Wildman–Crippen LogP) is 5.04. The van der Waals surface area contributed by atoms with E-state index in [2.05, 4.69) is 33.4 Å². The fourth-order valence-electron chi connectivity index (χ4n) is 6.26. The van der Waals surface area contributed by atoms with E-state index in [0.29, 0.717) is 30.5 Å². The van der Waals surface area contributed by atoms with Crippen molar-refractivity contribution in [2.45, 2.75) is 96.7 Å². The topological polar surface area (TPSA) is 78.6 Å². The minimum Gasteiger partial charge on any atom is -0.466 e. The summed E-state index contributed by atoms with van der Waals surface area (Å²) in [4.78, 5) is 29.7. The Bertz CT molecular complexity index is 1120. The van der Waals surface area contributed by atoms with Gasteiger partial charge in [-0.3, -0.25) is 14.5 Å². The summed E-state index contributed by atoms with van der Waals surface area (Å²) in [5.41, 5.74) is 3.11. The van der Waals surface area contributed by atoms with E-state index in [9.17, 15) is 14.9 Å². The van der Waals surface area contributed by atoms with E-state index in [1.165, 1.54) is 11.1 Å². The molecule has 2 aliphatic heterocycles. The smallest absolute Gasteiger partial charge is 0.305 e. The number of aromatic nitrogens is 1. The molecule has 2 saturated heterocycles. The van der Waals surface area contributed by atoms with Crippen LogP contribution >= 0.6 is 0 Å². The van der Waals surface area contributed by atoms with Crippen molar-refractivity contribution in [1.29, 1.82) is 5.26 Å². The van der Waals surface area contributed by atoms with Crippen molar-refractivity contribution in [3.8, 4) is 6.07 Å². The maximum Gasteiger partial charge on any atom is 0.305 e. The zero-order valence-electron chi connectivity index (χ0n) is 22.6. The van der Waals surface area contributed by atoms with Gasteiger partial charge in [-0.25, -0.2) is 0 Å². The van der Waals surface area contributed by atoms with Crippen LogP contribution in [0.5, 0.6) is 0 Å². The minimum atomic E-state index is -0.108. The molecule has 0 radical (unpaired) electrons. The van der Waals surface area contributed by atoms with Crippen molar-refractivity contribution < 1.29 is 14.3 Å². The van der Waals surface area contributed by atoms with Crippen LogP contribution in [0.25, 0.3) is 10.9 Å². The lowest BCUT2D eigenvalue weighted by Gasteiger charge is -2.31. The van der Waals surface area contributed by atoms with Crippen LogP contribution in [0.2, 0.25) is 0 Å². The first-order chi connectivity index (χ1) is 18.0. The number of nitrogens with zero attached hydrogens (tertiary/aromatic N) is 4. The number of carbonyl (C=O) groups excluding carboxylic acids is 2. The number of likely N-dealkylation sites (tertiary alicyclic amines) is 2. The molecule has 37 heavy (non-hydrogen) atoms. The van der Waals surface area contributed by atoms with Gasteiger partial charge in [0.05, 0.1) is 24.3 Å². The van der Waals surface area contributed by atoms with Crippen molar-refractivity contribution in [1.82, 2.24) is 14.4 Å². The third-order valence-electron chi connectivity index (χ3n) is 8.11. The number of rotatable bonds is 12. The van der Waals surface area contributed by atoms with Crippen LogP contribution in [0.4, 0.5) is 0 Å². The van der Waals surface area contributed by atoms with E-state index in [1.54, 1.807) is 0 Å². The maximum absolute atomic E-state index is 13.7. The van der Waals surface area contributed by atoms with Crippen LogP contribution in [0.15, 0.2) is 24.3 Å². The molecule has 0 spiro atoms. The number of amides is 1. The highest BCUT2D eigenvalue weighted by Crippen LogP contribution is 2.29. The van der Waals surface area contributed by atoms with Gasteiger partial charge in [0, 0.05) is 36.8 Å². The summed E-state index contributed by atoms with van der Waals surface area (Å²) in [6.45, 7) is 8.10. The number of ether oxygens (including phenoxy) is 1. The summed E-state index contributed by atoms with van der Waals surface area (Å²) in [6.07, 6.45) is 9.46. The van der Waals surface area contributed by atoms with Gasteiger partial charge in [0.1, 0.15) is 0 Å². The van der Waals surface area contributed by atoms with Crippen molar-refractivity contribution in [2.75, 3.05) is 26.2 Å². The summed E-state index contributed by atoms with van der Waals surface area (Å²) in [7, 11) is 0. The summed E-state index contributed by atoms with van der Waals surface area (Å²) < 4.78 is 7.33. The number of aryl methyl sites for hydroxylation is 2. The molecular weight excluding hydrogens is 464 g/mol. The summed E-state index contributed by atoms with van der Waals surface area (Å²) >= 11 is 0. The van der Waals surface area contributed by atoms with Gasteiger partial charge in [-0.05, 0) is 102 Å². The van der Waals surface area contributed by atoms with Gasteiger partial charge in [-0.15, -0.1) is 0 Å². The molecule has 0 saturated carbocycles. The van der Waals surface area contributed by atoms with E-state index in [-0.39, 0.29) is 12.0 Å². The van der Waals surface area contributed by atoms with Crippen molar-refractivity contribution in [2.24, 2.45) is 0 Å². The molecule has 1 amide bonds. The van der Waals surface area contributed by atoms with Crippen LogP contribution < -0.4 is 0 Å². The fourth-order valence-corrected chi connectivity index (χ4v) is 6.26. The molecule has 1 aromatic heterocycles. The van der Waals surface area contributed by atoms with Gasteiger partial charge in [0.25, 0.3) is 0 Å². The normalized spacial score (nSPS) is 20.0.